The zero-order chi connectivity index (χ0) is 13.8. The molecule has 0 radical (unpaired) electrons. The van der Waals surface area contributed by atoms with Crippen molar-refractivity contribution >= 4 is 34.2 Å². The molecule has 0 saturated heterocycles. The van der Waals surface area contributed by atoms with Crippen LogP contribution in [0.2, 0.25) is 0 Å². The molecule has 0 spiro atoms. The van der Waals surface area contributed by atoms with Gasteiger partial charge in [-0.15, -0.1) is 0 Å². The van der Waals surface area contributed by atoms with Gasteiger partial charge in [-0.25, -0.2) is 0 Å². The minimum atomic E-state index is -0.137. The molecule has 0 unspecified atom stereocenters. The number of nitrogens with one attached hydrogen (secondary N) is 1. The average Bonchev–Trinajstić information content (AvgIpc) is 2.39. The molecule has 1 amide bonds. The van der Waals surface area contributed by atoms with Gasteiger partial charge in [-0.1, -0.05) is 12.1 Å². The van der Waals surface area contributed by atoms with Gasteiger partial charge in [-0.05, 0) is 65.4 Å². The van der Waals surface area contributed by atoms with Crippen molar-refractivity contribution in [2.24, 2.45) is 0 Å². The minimum Gasteiger partial charge on any atom is -0.495 e. The largest absolute Gasteiger partial charge is 0.495 e. The number of carbonyl (C=O) groups excluding carboxylic acids is 1. The van der Waals surface area contributed by atoms with Crippen LogP contribution in [0.25, 0.3) is 0 Å². The molecule has 0 fully saturated rings. The topological polar surface area (TPSA) is 38.3 Å². The molecule has 0 aromatic heterocycles. The Balaban J connectivity index is 2.26. The van der Waals surface area contributed by atoms with Gasteiger partial charge < -0.3 is 10.1 Å². The first-order chi connectivity index (χ1) is 9.10. The molecule has 0 heterocycles. The number of methoxy groups -OCH3 is 1. The lowest BCUT2D eigenvalue weighted by Crippen LogP contribution is -2.12. The van der Waals surface area contributed by atoms with Crippen molar-refractivity contribution < 1.29 is 9.53 Å². The summed E-state index contributed by atoms with van der Waals surface area (Å²) in [7, 11) is 1.59. The van der Waals surface area contributed by atoms with Crippen molar-refractivity contribution in [2.45, 2.75) is 6.92 Å². The summed E-state index contributed by atoms with van der Waals surface area (Å²) < 4.78 is 6.27. The molecule has 19 heavy (non-hydrogen) atoms. The maximum atomic E-state index is 12.2. The van der Waals surface area contributed by atoms with E-state index in [1.807, 2.05) is 43.3 Å². The van der Waals surface area contributed by atoms with Crippen molar-refractivity contribution in [3.05, 3.63) is 57.2 Å². The maximum absolute atomic E-state index is 12.2. The van der Waals surface area contributed by atoms with E-state index >= 15 is 0 Å². The third kappa shape index (κ3) is 3.47. The Morgan fingerprint density at radius 1 is 1.21 bits per heavy atom. The van der Waals surface area contributed by atoms with E-state index < -0.39 is 0 Å². The Bertz CT molecular complexity index is 611. The fourth-order valence-corrected chi connectivity index (χ4v) is 2.29. The van der Waals surface area contributed by atoms with Crippen molar-refractivity contribution in [1.82, 2.24) is 0 Å². The summed E-state index contributed by atoms with van der Waals surface area (Å²) in [6, 6.07) is 13.1. The van der Waals surface area contributed by atoms with E-state index in [9.17, 15) is 4.79 Å². The number of carbonyl (C=O) groups is 1. The van der Waals surface area contributed by atoms with Crippen molar-refractivity contribution in [3.8, 4) is 5.75 Å². The van der Waals surface area contributed by atoms with Crippen LogP contribution in [0.15, 0.2) is 42.5 Å². The molecule has 3 nitrogen and oxygen atoms in total. The number of anilines is 1. The average molecular weight is 367 g/mol. The van der Waals surface area contributed by atoms with Crippen LogP contribution in [0.5, 0.6) is 5.75 Å². The quantitative estimate of drug-likeness (QED) is 0.837. The Hall–Kier alpha value is -1.56. The molecule has 2 aromatic rings. The third-order valence-corrected chi connectivity index (χ3v) is 3.36. The molecule has 98 valence electrons. The Kier molecular flexibility index (Phi) is 4.42. The Morgan fingerprint density at radius 2 is 2.00 bits per heavy atom. The lowest BCUT2D eigenvalue weighted by atomic mass is 10.1. The van der Waals surface area contributed by atoms with Crippen LogP contribution in [0.4, 0.5) is 5.69 Å². The molecule has 2 rings (SSSR count). The molecule has 2 aromatic carbocycles. The summed E-state index contributed by atoms with van der Waals surface area (Å²) in [5.74, 6) is 0.520. The van der Waals surface area contributed by atoms with Gasteiger partial charge in [0.25, 0.3) is 5.91 Å². The second-order valence-corrected chi connectivity index (χ2v) is 5.41. The second-order valence-electron chi connectivity index (χ2n) is 4.17. The van der Waals surface area contributed by atoms with Gasteiger partial charge in [0.1, 0.15) is 5.75 Å². The van der Waals surface area contributed by atoms with Crippen LogP contribution in [0.3, 0.4) is 0 Å². The molecule has 0 atom stereocenters. The van der Waals surface area contributed by atoms with Crippen LogP contribution in [-0.4, -0.2) is 13.0 Å². The van der Waals surface area contributed by atoms with E-state index in [1.165, 1.54) is 0 Å². The minimum absolute atomic E-state index is 0.137. The predicted molar refractivity (Wildman–Crippen MR) is 84.8 cm³/mol. The van der Waals surface area contributed by atoms with E-state index in [0.29, 0.717) is 17.0 Å². The van der Waals surface area contributed by atoms with Gasteiger partial charge in [0, 0.05) is 9.13 Å². The highest BCUT2D eigenvalue weighted by molar-refractivity contribution is 14.1. The maximum Gasteiger partial charge on any atom is 0.255 e. The fourth-order valence-electron chi connectivity index (χ4n) is 1.74. The molecule has 0 bridgehead atoms. The second kappa shape index (κ2) is 6.06. The molecule has 1 N–H and O–H groups in total. The first-order valence-electron chi connectivity index (χ1n) is 5.81. The SMILES string of the molecule is COc1ccc(C)cc1NC(=O)c1cccc(I)c1. The summed E-state index contributed by atoms with van der Waals surface area (Å²) in [4.78, 5) is 12.2. The standard InChI is InChI=1S/C15H14INO2/c1-10-6-7-14(19-2)13(8-10)17-15(18)11-4-3-5-12(16)9-11/h3-9H,1-2H3,(H,17,18). The number of halogens is 1. The summed E-state index contributed by atoms with van der Waals surface area (Å²) in [5.41, 5.74) is 2.39. The van der Waals surface area contributed by atoms with E-state index in [4.69, 9.17) is 4.74 Å². The molecule has 4 heteroatoms. The van der Waals surface area contributed by atoms with Crippen molar-refractivity contribution in [2.75, 3.05) is 12.4 Å². The van der Waals surface area contributed by atoms with Crippen LogP contribution in [0.1, 0.15) is 15.9 Å². The summed E-state index contributed by atoms with van der Waals surface area (Å²) in [6.45, 7) is 1.97. The van der Waals surface area contributed by atoms with Gasteiger partial charge in [0.2, 0.25) is 0 Å². The number of ether oxygens (including phenoxy) is 1. The van der Waals surface area contributed by atoms with Gasteiger partial charge >= 0.3 is 0 Å². The third-order valence-electron chi connectivity index (χ3n) is 2.69. The predicted octanol–water partition coefficient (Wildman–Crippen LogP) is 3.86. The first kappa shape index (κ1) is 13.9. The molecule has 0 aliphatic carbocycles. The van der Waals surface area contributed by atoms with Crippen molar-refractivity contribution in [1.29, 1.82) is 0 Å². The highest BCUT2D eigenvalue weighted by Crippen LogP contribution is 2.25. The number of aryl methyl sites for hydroxylation is 1. The van der Waals surface area contributed by atoms with Crippen molar-refractivity contribution in [3.63, 3.8) is 0 Å². The number of rotatable bonds is 3. The highest BCUT2D eigenvalue weighted by Gasteiger charge is 2.10. The molecular formula is C15H14INO2. The van der Waals surface area contributed by atoms with E-state index in [2.05, 4.69) is 27.9 Å². The summed E-state index contributed by atoms with van der Waals surface area (Å²) >= 11 is 2.18. The van der Waals surface area contributed by atoms with E-state index in [0.717, 1.165) is 9.13 Å². The number of hydrogen-bond acceptors (Lipinski definition) is 2. The summed E-state index contributed by atoms with van der Waals surface area (Å²) in [5, 5.41) is 2.88. The zero-order valence-electron chi connectivity index (χ0n) is 10.7. The lowest BCUT2D eigenvalue weighted by Gasteiger charge is -2.11. The van der Waals surface area contributed by atoms with Crippen LogP contribution in [-0.2, 0) is 0 Å². The Morgan fingerprint density at radius 3 is 2.68 bits per heavy atom. The van der Waals surface area contributed by atoms with Crippen LogP contribution >= 0.6 is 22.6 Å². The molecule has 0 aliphatic rings. The van der Waals surface area contributed by atoms with Gasteiger partial charge in [-0.3, -0.25) is 4.79 Å². The fraction of sp³-hybridized carbons (Fsp3) is 0.133. The van der Waals surface area contributed by atoms with Crippen LogP contribution in [0, 0.1) is 10.5 Å². The zero-order valence-corrected chi connectivity index (χ0v) is 12.9. The monoisotopic (exact) mass is 367 g/mol. The smallest absolute Gasteiger partial charge is 0.255 e. The Labute approximate surface area is 126 Å². The first-order valence-corrected chi connectivity index (χ1v) is 6.89. The van der Waals surface area contributed by atoms with E-state index in [1.54, 1.807) is 13.2 Å². The van der Waals surface area contributed by atoms with Gasteiger partial charge in [0.05, 0.1) is 12.8 Å². The van der Waals surface area contributed by atoms with Crippen LogP contribution < -0.4 is 10.1 Å². The van der Waals surface area contributed by atoms with E-state index in [-0.39, 0.29) is 5.91 Å². The lowest BCUT2D eigenvalue weighted by molar-refractivity contribution is 0.102. The number of benzene rings is 2. The molecule has 0 saturated carbocycles. The van der Waals surface area contributed by atoms with Gasteiger partial charge in [0.15, 0.2) is 0 Å². The van der Waals surface area contributed by atoms with Gasteiger partial charge in [-0.2, -0.15) is 0 Å². The number of amides is 1. The normalized spacial score (nSPS) is 10.1. The summed E-state index contributed by atoms with van der Waals surface area (Å²) in [6.07, 6.45) is 0. The highest BCUT2D eigenvalue weighted by atomic mass is 127. The number of hydrogen-bond donors (Lipinski definition) is 1. The molecular weight excluding hydrogens is 353 g/mol. The molecule has 0 aliphatic heterocycles.